The molecule has 2 rings (SSSR count). The Labute approximate surface area is 97.4 Å². The molecule has 0 aliphatic carbocycles. The van der Waals surface area contributed by atoms with E-state index in [1.807, 2.05) is 13.0 Å². The van der Waals surface area contributed by atoms with Gasteiger partial charge in [-0.25, -0.2) is 0 Å². The molecule has 1 heterocycles. The Kier molecular flexibility index (Phi) is 3.04. The van der Waals surface area contributed by atoms with E-state index in [-0.39, 0.29) is 5.69 Å². The van der Waals surface area contributed by atoms with Crippen LogP contribution in [-0.4, -0.2) is 10.1 Å². The number of nitro benzene ring substituents is 1. The summed E-state index contributed by atoms with van der Waals surface area (Å²) in [5.41, 5.74) is 1.70. The lowest BCUT2D eigenvalue weighted by Gasteiger charge is -2.02. The second-order valence-corrected chi connectivity index (χ2v) is 3.59. The monoisotopic (exact) mass is 233 g/mol. The maximum absolute atomic E-state index is 10.5. The van der Waals surface area contributed by atoms with Crippen molar-refractivity contribution >= 4 is 11.4 Å². The number of nitro groups is 1. The van der Waals surface area contributed by atoms with Crippen LogP contribution >= 0.6 is 0 Å². The van der Waals surface area contributed by atoms with Crippen molar-refractivity contribution in [3.05, 3.63) is 51.9 Å². The van der Waals surface area contributed by atoms with E-state index in [0.717, 1.165) is 17.1 Å². The van der Waals surface area contributed by atoms with Gasteiger partial charge >= 0.3 is 0 Å². The van der Waals surface area contributed by atoms with Gasteiger partial charge in [-0.3, -0.25) is 10.1 Å². The number of hydrogen-bond donors (Lipinski definition) is 1. The summed E-state index contributed by atoms with van der Waals surface area (Å²) in [5.74, 6) is 0.723. The predicted octanol–water partition coefficient (Wildman–Crippen LogP) is 2.50. The van der Waals surface area contributed by atoms with E-state index in [1.165, 1.54) is 12.1 Å². The topological polar surface area (TPSA) is 81.2 Å². The lowest BCUT2D eigenvalue weighted by atomic mass is 10.3. The van der Waals surface area contributed by atoms with E-state index in [1.54, 1.807) is 12.1 Å². The van der Waals surface area contributed by atoms with Gasteiger partial charge in [-0.1, -0.05) is 5.16 Å². The normalized spacial score (nSPS) is 10.2. The average Bonchev–Trinajstić information content (AvgIpc) is 2.73. The van der Waals surface area contributed by atoms with Crippen LogP contribution < -0.4 is 5.32 Å². The highest BCUT2D eigenvalue weighted by molar-refractivity contribution is 5.48. The molecule has 88 valence electrons. The second-order valence-electron chi connectivity index (χ2n) is 3.59. The zero-order valence-electron chi connectivity index (χ0n) is 9.21. The summed E-state index contributed by atoms with van der Waals surface area (Å²) in [4.78, 5) is 10.0. The predicted molar refractivity (Wildman–Crippen MR) is 61.7 cm³/mol. The molecule has 0 amide bonds. The van der Waals surface area contributed by atoms with E-state index >= 15 is 0 Å². The third-order valence-corrected chi connectivity index (χ3v) is 2.22. The summed E-state index contributed by atoms with van der Waals surface area (Å²) >= 11 is 0. The van der Waals surface area contributed by atoms with Crippen LogP contribution in [0.4, 0.5) is 11.4 Å². The van der Waals surface area contributed by atoms with Crippen LogP contribution in [0.2, 0.25) is 0 Å². The Bertz CT molecular complexity index is 519. The van der Waals surface area contributed by atoms with E-state index in [0.29, 0.717) is 6.54 Å². The van der Waals surface area contributed by atoms with E-state index < -0.39 is 4.92 Å². The van der Waals surface area contributed by atoms with E-state index in [9.17, 15) is 10.1 Å². The molecule has 6 nitrogen and oxygen atoms in total. The van der Waals surface area contributed by atoms with Gasteiger partial charge in [0.05, 0.1) is 17.2 Å². The third-order valence-electron chi connectivity index (χ3n) is 2.22. The second kappa shape index (κ2) is 4.65. The Balaban J connectivity index is 1.97. The largest absolute Gasteiger partial charge is 0.378 e. The molecule has 0 fully saturated rings. The van der Waals surface area contributed by atoms with Gasteiger partial charge in [-0.15, -0.1) is 0 Å². The minimum atomic E-state index is -0.427. The Hall–Kier alpha value is -2.37. The highest BCUT2D eigenvalue weighted by Crippen LogP contribution is 2.16. The van der Waals surface area contributed by atoms with Crippen LogP contribution in [0.15, 0.2) is 34.9 Å². The number of rotatable bonds is 4. The molecule has 0 saturated heterocycles. The van der Waals surface area contributed by atoms with Crippen LogP contribution in [-0.2, 0) is 6.54 Å². The van der Waals surface area contributed by atoms with Crippen molar-refractivity contribution in [2.45, 2.75) is 13.5 Å². The highest BCUT2D eigenvalue weighted by Gasteiger charge is 2.04. The van der Waals surface area contributed by atoms with Crippen LogP contribution in [0.25, 0.3) is 0 Å². The molecule has 0 atom stereocenters. The molecule has 6 heteroatoms. The van der Waals surface area contributed by atoms with Crippen molar-refractivity contribution in [2.24, 2.45) is 0 Å². The number of aryl methyl sites for hydroxylation is 1. The van der Waals surface area contributed by atoms with Crippen LogP contribution in [0, 0.1) is 17.0 Å². The first-order valence-corrected chi connectivity index (χ1v) is 5.05. The third kappa shape index (κ3) is 2.81. The summed E-state index contributed by atoms with van der Waals surface area (Å²) in [6.07, 6.45) is 0. The molecule has 0 radical (unpaired) electrons. The fourth-order valence-electron chi connectivity index (χ4n) is 1.39. The van der Waals surface area contributed by atoms with Crippen LogP contribution in [0.1, 0.15) is 11.5 Å². The number of aromatic nitrogens is 1. The Morgan fingerprint density at radius 2 is 2.12 bits per heavy atom. The molecule has 0 aliphatic rings. The van der Waals surface area contributed by atoms with Crippen molar-refractivity contribution in [1.29, 1.82) is 0 Å². The molecule has 0 bridgehead atoms. The van der Waals surface area contributed by atoms with Crippen molar-refractivity contribution in [1.82, 2.24) is 5.16 Å². The Morgan fingerprint density at radius 1 is 1.41 bits per heavy atom. The molecule has 17 heavy (non-hydrogen) atoms. The first kappa shape index (κ1) is 11.1. The molecule has 0 aliphatic heterocycles. The molecule has 1 aromatic heterocycles. The number of nitrogens with zero attached hydrogens (tertiary/aromatic N) is 2. The molecular formula is C11H11N3O3. The first-order valence-electron chi connectivity index (χ1n) is 5.05. The molecule has 0 spiro atoms. The average molecular weight is 233 g/mol. The molecule has 2 aromatic rings. The number of non-ortho nitro benzene ring substituents is 1. The summed E-state index contributed by atoms with van der Waals surface area (Å²) < 4.78 is 5.03. The minimum absolute atomic E-state index is 0.0751. The summed E-state index contributed by atoms with van der Waals surface area (Å²) in [6.45, 7) is 2.34. The Morgan fingerprint density at radius 3 is 2.65 bits per heavy atom. The molecule has 0 saturated carbocycles. The summed E-state index contributed by atoms with van der Waals surface area (Å²) in [6, 6.07) is 8.04. The molecule has 1 aromatic carbocycles. The van der Waals surface area contributed by atoms with Gasteiger partial charge in [0.25, 0.3) is 5.69 Å². The van der Waals surface area contributed by atoms with Gasteiger partial charge < -0.3 is 9.84 Å². The van der Waals surface area contributed by atoms with Crippen molar-refractivity contribution in [3.63, 3.8) is 0 Å². The maximum atomic E-state index is 10.5. The van der Waals surface area contributed by atoms with E-state index in [2.05, 4.69) is 10.5 Å². The quantitative estimate of drug-likeness (QED) is 0.648. The van der Waals surface area contributed by atoms with Gasteiger partial charge in [0, 0.05) is 23.9 Å². The van der Waals surface area contributed by atoms with Crippen LogP contribution in [0.3, 0.4) is 0 Å². The minimum Gasteiger partial charge on any atom is -0.378 e. The van der Waals surface area contributed by atoms with Crippen molar-refractivity contribution in [3.8, 4) is 0 Å². The smallest absolute Gasteiger partial charge is 0.269 e. The van der Waals surface area contributed by atoms with Crippen molar-refractivity contribution in [2.75, 3.05) is 5.32 Å². The number of benzene rings is 1. The lowest BCUT2D eigenvalue weighted by Crippen LogP contribution is -1.98. The lowest BCUT2D eigenvalue weighted by molar-refractivity contribution is -0.384. The summed E-state index contributed by atoms with van der Waals surface area (Å²) in [7, 11) is 0. The fourth-order valence-corrected chi connectivity index (χ4v) is 1.39. The van der Waals surface area contributed by atoms with Gasteiger partial charge in [0.1, 0.15) is 0 Å². The van der Waals surface area contributed by atoms with E-state index in [4.69, 9.17) is 4.52 Å². The number of hydrogen-bond acceptors (Lipinski definition) is 5. The highest BCUT2D eigenvalue weighted by atomic mass is 16.6. The molecule has 1 N–H and O–H groups in total. The fraction of sp³-hybridized carbons (Fsp3) is 0.182. The SMILES string of the molecule is Cc1cc(CNc2ccc([N+](=O)[O-])cc2)on1. The zero-order valence-corrected chi connectivity index (χ0v) is 9.21. The van der Waals surface area contributed by atoms with Gasteiger partial charge in [0.2, 0.25) is 0 Å². The summed E-state index contributed by atoms with van der Waals surface area (Å²) in [5, 5.41) is 17.3. The number of anilines is 1. The van der Waals surface area contributed by atoms with Crippen molar-refractivity contribution < 1.29 is 9.45 Å². The molecular weight excluding hydrogens is 222 g/mol. The van der Waals surface area contributed by atoms with Gasteiger partial charge in [-0.05, 0) is 19.1 Å². The van der Waals surface area contributed by atoms with Crippen LogP contribution in [0.5, 0.6) is 0 Å². The van der Waals surface area contributed by atoms with Gasteiger partial charge in [-0.2, -0.15) is 0 Å². The zero-order chi connectivity index (χ0) is 12.3. The first-order chi connectivity index (χ1) is 8.15. The standard InChI is InChI=1S/C11H11N3O3/c1-8-6-11(17-13-8)7-12-9-2-4-10(5-3-9)14(15)16/h2-6,12H,7H2,1H3. The maximum Gasteiger partial charge on any atom is 0.269 e. The van der Waals surface area contributed by atoms with Gasteiger partial charge in [0.15, 0.2) is 5.76 Å². The number of nitrogens with one attached hydrogen (secondary N) is 1. The molecule has 0 unspecified atom stereocenters.